The van der Waals surface area contributed by atoms with Crippen LogP contribution in [0.25, 0.3) is 0 Å². The van der Waals surface area contributed by atoms with Crippen molar-refractivity contribution in [3.8, 4) is 0 Å². The summed E-state index contributed by atoms with van der Waals surface area (Å²) in [7, 11) is 0. The maximum Gasteiger partial charge on any atom is 0.0362 e. The zero-order valence-corrected chi connectivity index (χ0v) is 11.8. The Bertz CT molecular complexity index is 241. The normalized spacial score (nSPS) is 39.7. The van der Waals surface area contributed by atoms with Gasteiger partial charge in [0.25, 0.3) is 0 Å². The van der Waals surface area contributed by atoms with Gasteiger partial charge in [-0.25, -0.2) is 0 Å². The van der Waals surface area contributed by atoms with Crippen LogP contribution in [0.4, 0.5) is 0 Å². The zero-order chi connectivity index (χ0) is 12.3. The summed E-state index contributed by atoms with van der Waals surface area (Å²) in [5.41, 5.74) is 6.60. The second-order valence-electron chi connectivity index (χ2n) is 6.06. The molecule has 0 spiro atoms. The first-order chi connectivity index (χ1) is 8.28. The lowest BCUT2D eigenvalue weighted by atomic mass is 9.80. The third kappa shape index (κ3) is 2.26. The summed E-state index contributed by atoms with van der Waals surface area (Å²) in [5.74, 6) is 0.847. The van der Waals surface area contributed by atoms with E-state index in [4.69, 9.17) is 5.73 Å². The SMILES string of the molecule is CCC1CCCCN1C1(CN)CCCC1CC. The number of likely N-dealkylation sites (tertiary alicyclic amines) is 1. The maximum atomic E-state index is 6.24. The molecule has 1 heterocycles. The second kappa shape index (κ2) is 5.71. The van der Waals surface area contributed by atoms with Gasteiger partial charge in [0.15, 0.2) is 0 Å². The molecule has 1 aliphatic heterocycles. The largest absolute Gasteiger partial charge is 0.329 e. The van der Waals surface area contributed by atoms with Crippen molar-refractivity contribution in [1.82, 2.24) is 4.90 Å². The van der Waals surface area contributed by atoms with Gasteiger partial charge in [-0.15, -0.1) is 0 Å². The highest BCUT2D eigenvalue weighted by Gasteiger charge is 2.47. The summed E-state index contributed by atoms with van der Waals surface area (Å²) in [4.78, 5) is 2.83. The van der Waals surface area contributed by atoms with Gasteiger partial charge in [0.1, 0.15) is 0 Å². The highest BCUT2D eigenvalue weighted by atomic mass is 15.2. The highest BCUT2D eigenvalue weighted by molar-refractivity contribution is 5.03. The van der Waals surface area contributed by atoms with Crippen LogP contribution < -0.4 is 5.73 Å². The van der Waals surface area contributed by atoms with E-state index < -0.39 is 0 Å². The molecule has 3 atom stereocenters. The molecule has 100 valence electrons. The van der Waals surface area contributed by atoms with Crippen LogP contribution in [-0.2, 0) is 0 Å². The molecule has 17 heavy (non-hydrogen) atoms. The van der Waals surface area contributed by atoms with Gasteiger partial charge in [0.2, 0.25) is 0 Å². The predicted molar refractivity (Wildman–Crippen MR) is 74.1 cm³/mol. The smallest absolute Gasteiger partial charge is 0.0362 e. The number of rotatable bonds is 4. The number of nitrogens with zero attached hydrogens (tertiary/aromatic N) is 1. The van der Waals surface area contributed by atoms with E-state index in [9.17, 15) is 0 Å². The minimum Gasteiger partial charge on any atom is -0.329 e. The van der Waals surface area contributed by atoms with Gasteiger partial charge in [-0.1, -0.05) is 33.1 Å². The van der Waals surface area contributed by atoms with Gasteiger partial charge in [-0.2, -0.15) is 0 Å². The van der Waals surface area contributed by atoms with E-state index in [1.54, 1.807) is 0 Å². The molecule has 1 aliphatic carbocycles. The van der Waals surface area contributed by atoms with Crippen LogP contribution in [0.1, 0.15) is 65.2 Å². The Hall–Kier alpha value is -0.0800. The van der Waals surface area contributed by atoms with E-state index in [1.807, 2.05) is 0 Å². The summed E-state index contributed by atoms with van der Waals surface area (Å²) >= 11 is 0. The van der Waals surface area contributed by atoms with E-state index in [2.05, 4.69) is 18.7 Å². The van der Waals surface area contributed by atoms with E-state index in [-0.39, 0.29) is 0 Å². The summed E-state index contributed by atoms with van der Waals surface area (Å²) < 4.78 is 0. The molecule has 0 aromatic heterocycles. The molecule has 2 fully saturated rings. The minimum absolute atomic E-state index is 0.357. The van der Waals surface area contributed by atoms with Crippen molar-refractivity contribution in [1.29, 1.82) is 0 Å². The fraction of sp³-hybridized carbons (Fsp3) is 1.00. The van der Waals surface area contributed by atoms with Crippen LogP contribution >= 0.6 is 0 Å². The molecular formula is C15H30N2. The molecule has 0 bridgehead atoms. The molecule has 0 radical (unpaired) electrons. The van der Waals surface area contributed by atoms with Gasteiger partial charge < -0.3 is 5.73 Å². The lowest BCUT2D eigenvalue weighted by Crippen LogP contribution is -2.61. The summed E-state index contributed by atoms with van der Waals surface area (Å²) in [5, 5.41) is 0. The van der Waals surface area contributed by atoms with Crippen molar-refractivity contribution in [3.63, 3.8) is 0 Å². The molecule has 2 nitrogen and oxygen atoms in total. The monoisotopic (exact) mass is 238 g/mol. The van der Waals surface area contributed by atoms with Crippen molar-refractivity contribution < 1.29 is 0 Å². The van der Waals surface area contributed by atoms with E-state index in [1.165, 1.54) is 57.9 Å². The number of piperidine rings is 1. The Balaban J connectivity index is 2.20. The number of hydrogen-bond acceptors (Lipinski definition) is 2. The van der Waals surface area contributed by atoms with E-state index in [0.717, 1.165) is 18.5 Å². The van der Waals surface area contributed by atoms with Crippen molar-refractivity contribution in [3.05, 3.63) is 0 Å². The molecule has 1 saturated carbocycles. The molecule has 3 unspecified atom stereocenters. The van der Waals surface area contributed by atoms with Crippen LogP contribution in [0.2, 0.25) is 0 Å². The lowest BCUT2D eigenvalue weighted by Gasteiger charge is -2.51. The van der Waals surface area contributed by atoms with Crippen molar-refractivity contribution in [2.75, 3.05) is 13.1 Å². The highest BCUT2D eigenvalue weighted by Crippen LogP contribution is 2.44. The minimum atomic E-state index is 0.357. The Kier molecular flexibility index (Phi) is 4.48. The maximum absolute atomic E-state index is 6.24. The second-order valence-corrected chi connectivity index (χ2v) is 6.06. The molecule has 2 rings (SSSR count). The molecule has 1 saturated heterocycles. The van der Waals surface area contributed by atoms with Crippen LogP contribution in [0.3, 0.4) is 0 Å². The summed E-state index contributed by atoms with van der Waals surface area (Å²) in [6.45, 7) is 6.88. The van der Waals surface area contributed by atoms with E-state index in [0.29, 0.717) is 5.54 Å². The van der Waals surface area contributed by atoms with Gasteiger partial charge in [-0.05, 0) is 44.6 Å². The van der Waals surface area contributed by atoms with Crippen LogP contribution in [-0.4, -0.2) is 29.6 Å². The fourth-order valence-electron chi connectivity index (χ4n) is 4.49. The lowest BCUT2D eigenvalue weighted by molar-refractivity contribution is -0.00621. The third-order valence-electron chi connectivity index (χ3n) is 5.44. The molecule has 0 aromatic carbocycles. The molecule has 2 heteroatoms. The van der Waals surface area contributed by atoms with Crippen LogP contribution in [0.15, 0.2) is 0 Å². The van der Waals surface area contributed by atoms with Crippen molar-refractivity contribution in [2.24, 2.45) is 11.7 Å². The van der Waals surface area contributed by atoms with Gasteiger partial charge in [0.05, 0.1) is 0 Å². The van der Waals surface area contributed by atoms with Gasteiger partial charge >= 0.3 is 0 Å². The average molecular weight is 238 g/mol. The standard InChI is InChI=1S/C15H30N2/c1-3-13-8-7-10-15(13,12-16)17-11-6-5-9-14(17)4-2/h13-14H,3-12,16H2,1-2H3. The zero-order valence-electron chi connectivity index (χ0n) is 11.8. The van der Waals surface area contributed by atoms with E-state index >= 15 is 0 Å². The Morgan fingerprint density at radius 3 is 2.59 bits per heavy atom. The van der Waals surface area contributed by atoms with Gasteiger partial charge in [0, 0.05) is 18.1 Å². The average Bonchev–Trinajstić information content (AvgIpc) is 2.82. The number of nitrogens with two attached hydrogens (primary N) is 1. The molecular weight excluding hydrogens is 208 g/mol. The Morgan fingerprint density at radius 1 is 1.12 bits per heavy atom. The number of hydrogen-bond donors (Lipinski definition) is 1. The summed E-state index contributed by atoms with van der Waals surface area (Å²) in [6, 6.07) is 0.805. The molecule has 2 aliphatic rings. The Labute approximate surface area is 107 Å². The fourth-order valence-corrected chi connectivity index (χ4v) is 4.49. The van der Waals surface area contributed by atoms with Crippen LogP contribution in [0.5, 0.6) is 0 Å². The third-order valence-corrected chi connectivity index (χ3v) is 5.44. The van der Waals surface area contributed by atoms with Crippen LogP contribution in [0, 0.1) is 5.92 Å². The first-order valence-corrected chi connectivity index (χ1v) is 7.75. The molecule has 0 aromatic rings. The van der Waals surface area contributed by atoms with Crippen molar-refractivity contribution in [2.45, 2.75) is 76.8 Å². The summed E-state index contributed by atoms with van der Waals surface area (Å²) in [6.07, 6.45) is 11.0. The predicted octanol–water partition coefficient (Wildman–Crippen LogP) is 3.16. The quantitative estimate of drug-likeness (QED) is 0.815. The molecule has 0 amide bonds. The first-order valence-electron chi connectivity index (χ1n) is 7.75. The topological polar surface area (TPSA) is 29.3 Å². The van der Waals surface area contributed by atoms with Crippen molar-refractivity contribution >= 4 is 0 Å². The first kappa shape index (κ1) is 13.4. The Morgan fingerprint density at radius 2 is 1.94 bits per heavy atom. The van der Waals surface area contributed by atoms with Gasteiger partial charge in [-0.3, -0.25) is 4.90 Å². The molecule has 2 N–H and O–H groups in total.